The van der Waals surface area contributed by atoms with E-state index in [2.05, 4.69) is 47.4 Å². The fraction of sp³-hybridized carbons (Fsp3) is 0.375. The summed E-state index contributed by atoms with van der Waals surface area (Å²) in [5.41, 5.74) is 2.40. The minimum Gasteiger partial charge on any atom is -0.372 e. The molecule has 0 unspecified atom stereocenters. The number of hydrogen-bond donors (Lipinski definition) is 1. The molecule has 0 aliphatic carbocycles. The van der Waals surface area contributed by atoms with Crippen LogP contribution in [0.25, 0.3) is 0 Å². The highest BCUT2D eigenvalue weighted by atomic mass is 35.5. The van der Waals surface area contributed by atoms with Crippen LogP contribution in [0, 0.1) is 0 Å². The number of anilines is 5. The highest BCUT2D eigenvalue weighted by Gasteiger charge is 2.21. The maximum absolute atomic E-state index is 12.6. The van der Waals surface area contributed by atoms with Gasteiger partial charge in [0.25, 0.3) is 0 Å². The molecule has 15 heteroatoms. The molecule has 2 aromatic carbocycles. The number of sulfone groups is 1. The van der Waals surface area contributed by atoms with E-state index in [0.717, 1.165) is 31.6 Å². The molecule has 3 rings (SSSR count). The Hall–Kier alpha value is -3.04. The molecule has 1 N–H and O–H groups in total. The minimum absolute atomic E-state index is 0.0411. The Morgan fingerprint density at radius 2 is 1.59 bits per heavy atom. The topological polar surface area (TPSA) is 144 Å². The van der Waals surface area contributed by atoms with Crippen LogP contribution < -0.4 is 15.1 Å². The van der Waals surface area contributed by atoms with E-state index in [4.69, 9.17) is 11.6 Å². The summed E-state index contributed by atoms with van der Waals surface area (Å²) in [6, 6.07) is 16.7. The van der Waals surface area contributed by atoms with Gasteiger partial charge >= 0.3 is 10.4 Å². The molecule has 3 aromatic rings. The van der Waals surface area contributed by atoms with Gasteiger partial charge in [0.05, 0.1) is 25.2 Å². The number of benzene rings is 2. The average molecular weight is 599 g/mol. The summed E-state index contributed by atoms with van der Waals surface area (Å²) < 4.78 is 56.6. The molecule has 39 heavy (non-hydrogen) atoms. The number of nitrogens with zero attached hydrogens (tertiary/aromatic N) is 5. The first-order chi connectivity index (χ1) is 18.6. The Bertz CT molecular complexity index is 1440. The smallest absolute Gasteiger partial charge is 0.372 e. The largest absolute Gasteiger partial charge is 0.399 e. The number of para-hydroxylation sites is 1. The van der Waals surface area contributed by atoms with Crippen LogP contribution in [0.4, 0.5) is 29.0 Å². The van der Waals surface area contributed by atoms with Crippen LogP contribution >= 0.6 is 11.6 Å². The van der Waals surface area contributed by atoms with Crippen LogP contribution in [0.1, 0.15) is 13.8 Å². The van der Waals surface area contributed by atoms with E-state index < -0.39 is 32.6 Å². The van der Waals surface area contributed by atoms with E-state index in [9.17, 15) is 16.8 Å². The first-order valence-electron chi connectivity index (χ1n) is 12.1. The van der Waals surface area contributed by atoms with E-state index in [0.29, 0.717) is 5.69 Å². The van der Waals surface area contributed by atoms with Gasteiger partial charge in [0.2, 0.25) is 17.2 Å². The van der Waals surface area contributed by atoms with E-state index >= 15 is 0 Å². The second-order valence-electron chi connectivity index (χ2n) is 8.11. The van der Waals surface area contributed by atoms with Crippen LogP contribution in [-0.4, -0.2) is 76.6 Å². The van der Waals surface area contributed by atoms with Crippen molar-refractivity contribution >= 4 is 60.8 Å². The molecular formula is C24H31ClN6O6S2. The quantitative estimate of drug-likeness (QED) is 0.273. The molecule has 12 nitrogen and oxygen atoms in total. The summed E-state index contributed by atoms with van der Waals surface area (Å²) >= 11 is 6.25. The number of nitrogens with one attached hydrogen (secondary N) is 1. The zero-order valence-corrected chi connectivity index (χ0v) is 24.2. The number of aromatic nitrogens is 3. The van der Waals surface area contributed by atoms with Crippen LogP contribution in [0.2, 0.25) is 5.28 Å². The van der Waals surface area contributed by atoms with Crippen molar-refractivity contribution in [3.05, 3.63) is 59.9 Å². The van der Waals surface area contributed by atoms with Crippen molar-refractivity contribution in [3.63, 3.8) is 0 Å². The molecule has 0 fully saturated rings. The fourth-order valence-corrected chi connectivity index (χ4v) is 5.26. The van der Waals surface area contributed by atoms with E-state index in [1.807, 2.05) is 30.3 Å². The zero-order chi connectivity index (χ0) is 28.5. The molecule has 0 aliphatic heterocycles. The predicted molar refractivity (Wildman–Crippen MR) is 152 cm³/mol. The Morgan fingerprint density at radius 3 is 2.26 bits per heavy atom. The first kappa shape index (κ1) is 30.5. The van der Waals surface area contributed by atoms with Gasteiger partial charge in [-0.1, -0.05) is 24.3 Å². The number of hydrogen-bond acceptors (Lipinski definition) is 12. The van der Waals surface area contributed by atoms with Crippen LogP contribution in [-0.2, 0) is 28.6 Å². The second kappa shape index (κ2) is 13.8. The highest BCUT2D eigenvalue weighted by molar-refractivity contribution is 7.91. The summed E-state index contributed by atoms with van der Waals surface area (Å²) in [4.78, 5) is 16.7. The van der Waals surface area contributed by atoms with Crippen LogP contribution in [0.5, 0.6) is 0 Å². The van der Waals surface area contributed by atoms with Crippen LogP contribution in [0.3, 0.4) is 0 Å². The van der Waals surface area contributed by atoms with Crippen molar-refractivity contribution in [1.29, 1.82) is 0 Å². The van der Waals surface area contributed by atoms with E-state index in [1.54, 1.807) is 29.2 Å². The summed E-state index contributed by atoms with van der Waals surface area (Å²) in [5, 5.41) is 3.07. The SMILES string of the molecule is CCN(CC)c1cccc(Nc2nc(Cl)nc(N(CCS(=O)(=O)CCOS(=O)(=O)OC)c3ccccc3)n2)c1. The Kier molecular flexibility index (Phi) is 10.8. The molecule has 1 heterocycles. The van der Waals surface area contributed by atoms with Gasteiger partial charge < -0.3 is 15.1 Å². The monoisotopic (exact) mass is 598 g/mol. The summed E-state index contributed by atoms with van der Waals surface area (Å²) in [7, 11) is -7.03. The molecule has 0 atom stereocenters. The third kappa shape index (κ3) is 9.28. The van der Waals surface area contributed by atoms with Gasteiger partial charge in [0.15, 0.2) is 9.84 Å². The highest BCUT2D eigenvalue weighted by Crippen LogP contribution is 2.26. The summed E-state index contributed by atoms with van der Waals surface area (Å²) in [6.45, 7) is 5.25. The van der Waals surface area contributed by atoms with Gasteiger partial charge in [-0.3, -0.25) is 4.18 Å². The molecule has 1 aromatic heterocycles. The number of halogens is 1. The lowest BCUT2D eigenvalue weighted by Crippen LogP contribution is -2.29. The van der Waals surface area contributed by atoms with Crippen molar-refractivity contribution in [1.82, 2.24) is 15.0 Å². The van der Waals surface area contributed by atoms with Crippen molar-refractivity contribution in [2.75, 3.05) is 60.0 Å². The van der Waals surface area contributed by atoms with E-state index in [1.165, 1.54) is 0 Å². The molecule has 212 valence electrons. The Morgan fingerprint density at radius 1 is 0.897 bits per heavy atom. The Labute approximate surface area is 234 Å². The van der Waals surface area contributed by atoms with E-state index in [-0.39, 0.29) is 29.5 Å². The lowest BCUT2D eigenvalue weighted by atomic mass is 10.2. The second-order valence-corrected chi connectivity index (χ2v) is 12.1. The van der Waals surface area contributed by atoms with Crippen molar-refractivity contribution < 1.29 is 25.2 Å². The normalized spacial score (nSPS) is 11.8. The maximum Gasteiger partial charge on any atom is 0.399 e. The standard InChI is InChI=1S/C24H31ClN6O6S2/c1-4-30(5-2)21-13-9-10-19(18-21)26-23-27-22(25)28-24(29-23)31(20-11-7-6-8-12-20)14-16-38(32,33)17-15-37-39(34,35)36-3/h6-13,18H,4-5,14-17H2,1-3H3,(H,26,27,28,29). The fourth-order valence-electron chi connectivity index (χ4n) is 3.61. The Balaban J connectivity index is 1.84. The molecule has 0 amide bonds. The minimum atomic E-state index is -4.23. The molecule has 0 saturated carbocycles. The summed E-state index contributed by atoms with van der Waals surface area (Å²) in [6.07, 6.45) is 0. The molecule has 0 bridgehead atoms. The summed E-state index contributed by atoms with van der Waals surface area (Å²) in [5.74, 6) is -0.539. The van der Waals surface area contributed by atoms with Crippen molar-refractivity contribution in [3.8, 4) is 0 Å². The van der Waals surface area contributed by atoms with Crippen LogP contribution in [0.15, 0.2) is 54.6 Å². The van der Waals surface area contributed by atoms with Gasteiger partial charge in [-0.25, -0.2) is 12.6 Å². The molecular weight excluding hydrogens is 568 g/mol. The molecule has 0 spiro atoms. The van der Waals surface area contributed by atoms with Crippen molar-refractivity contribution in [2.45, 2.75) is 13.8 Å². The third-order valence-electron chi connectivity index (χ3n) is 5.59. The lowest BCUT2D eigenvalue weighted by Gasteiger charge is -2.23. The lowest BCUT2D eigenvalue weighted by molar-refractivity contribution is 0.255. The first-order valence-corrected chi connectivity index (χ1v) is 15.6. The van der Waals surface area contributed by atoms with Gasteiger partial charge in [0, 0.05) is 36.7 Å². The zero-order valence-electron chi connectivity index (χ0n) is 21.8. The third-order valence-corrected chi connectivity index (χ3v) is 8.21. The van der Waals surface area contributed by atoms with Gasteiger partial charge in [-0.05, 0) is 55.8 Å². The molecule has 0 saturated heterocycles. The van der Waals surface area contributed by atoms with Gasteiger partial charge in [0.1, 0.15) is 0 Å². The number of rotatable bonds is 15. The predicted octanol–water partition coefficient (Wildman–Crippen LogP) is 3.58. The average Bonchev–Trinajstić information content (AvgIpc) is 2.90. The van der Waals surface area contributed by atoms with Crippen molar-refractivity contribution in [2.24, 2.45) is 0 Å². The van der Waals surface area contributed by atoms with Gasteiger partial charge in [-0.15, -0.1) is 0 Å². The maximum atomic E-state index is 12.6. The molecule has 0 aliphatic rings. The van der Waals surface area contributed by atoms with Gasteiger partial charge in [-0.2, -0.15) is 23.4 Å². The molecule has 0 radical (unpaired) electrons.